The van der Waals surface area contributed by atoms with Crippen molar-refractivity contribution in [3.05, 3.63) is 46.8 Å². The van der Waals surface area contributed by atoms with Gasteiger partial charge in [-0.3, -0.25) is 9.89 Å². The molecule has 3 aromatic heterocycles. The molecule has 2 aromatic carbocycles. The molecule has 4 heterocycles. The lowest BCUT2D eigenvalue weighted by atomic mass is 10.0. The zero-order valence-corrected chi connectivity index (χ0v) is 15.4. The van der Waals surface area contributed by atoms with E-state index >= 15 is 0 Å². The van der Waals surface area contributed by atoms with E-state index in [1.54, 1.807) is 13.2 Å². The van der Waals surface area contributed by atoms with Gasteiger partial charge in [0, 0.05) is 28.6 Å². The van der Waals surface area contributed by atoms with Crippen LogP contribution in [0.25, 0.3) is 44.2 Å². The molecule has 8 heteroatoms. The number of hydrogen-bond donors (Lipinski definition) is 2. The molecule has 0 aliphatic carbocycles. The van der Waals surface area contributed by atoms with Crippen LogP contribution in [0, 0.1) is 0 Å². The van der Waals surface area contributed by atoms with Gasteiger partial charge in [-0.2, -0.15) is 0 Å². The van der Waals surface area contributed by atoms with Crippen molar-refractivity contribution in [3.8, 4) is 28.4 Å². The number of benzene rings is 2. The van der Waals surface area contributed by atoms with E-state index in [4.69, 9.17) is 23.6 Å². The maximum absolute atomic E-state index is 11.8. The van der Waals surface area contributed by atoms with E-state index in [0.29, 0.717) is 52.8 Å². The molecule has 144 valence electrons. The summed E-state index contributed by atoms with van der Waals surface area (Å²) in [4.78, 5) is 16.5. The average Bonchev–Trinajstić information content (AvgIpc) is 3.34. The molecule has 0 bridgehead atoms. The Morgan fingerprint density at radius 2 is 2.00 bits per heavy atom. The number of hydrogen-bond acceptors (Lipinski definition) is 6. The fraction of sp³-hybridized carbons (Fsp3) is 0.143. The van der Waals surface area contributed by atoms with E-state index in [2.05, 4.69) is 10.2 Å². The predicted octanol–water partition coefficient (Wildman–Crippen LogP) is 3.60. The number of aromatic nitrogens is 3. The van der Waals surface area contributed by atoms with Gasteiger partial charge in [-0.25, -0.2) is 4.98 Å². The number of nitrogens with one attached hydrogen (secondary N) is 2. The van der Waals surface area contributed by atoms with Crippen molar-refractivity contribution in [2.24, 2.45) is 0 Å². The quantitative estimate of drug-likeness (QED) is 0.478. The Bertz CT molecular complexity index is 1460. The van der Waals surface area contributed by atoms with Crippen molar-refractivity contribution in [1.29, 1.82) is 0 Å². The second kappa shape index (κ2) is 5.78. The third-order valence-electron chi connectivity index (χ3n) is 5.13. The van der Waals surface area contributed by atoms with Crippen LogP contribution in [0.2, 0.25) is 0 Å². The molecule has 29 heavy (non-hydrogen) atoms. The summed E-state index contributed by atoms with van der Waals surface area (Å²) in [6, 6.07) is 8.52. The minimum absolute atomic E-state index is 0.113. The standard InChI is InChI=1S/C21H15N3O5/c1-26-15-6-10(7-16-19(15)28-5-4-27-16)17-13-9-22-24-21(13)23-18-12-3-2-11(25)8-14(12)29-20(17)18/h2-3,6-9H,4-5H2,1H3,(H2,22,23,24). The van der Waals surface area contributed by atoms with E-state index < -0.39 is 0 Å². The predicted molar refractivity (Wildman–Crippen MR) is 107 cm³/mol. The first kappa shape index (κ1) is 16.1. The van der Waals surface area contributed by atoms with Gasteiger partial charge in [0.05, 0.1) is 7.11 Å². The van der Waals surface area contributed by atoms with Gasteiger partial charge >= 0.3 is 0 Å². The number of aromatic amines is 2. The van der Waals surface area contributed by atoms with Gasteiger partial charge < -0.3 is 23.7 Å². The molecule has 1 aliphatic heterocycles. The molecule has 1 aliphatic rings. The summed E-state index contributed by atoms with van der Waals surface area (Å²) in [6.45, 7) is 0.940. The fourth-order valence-electron chi connectivity index (χ4n) is 3.87. The van der Waals surface area contributed by atoms with Crippen LogP contribution in [0.4, 0.5) is 0 Å². The lowest BCUT2D eigenvalue weighted by Crippen LogP contribution is -2.16. The third kappa shape index (κ3) is 2.25. The van der Waals surface area contributed by atoms with Gasteiger partial charge in [-0.05, 0) is 29.8 Å². The molecular weight excluding hydrogens is 374 g/mol. The van der Waals surface area contributed by atoms with Crippen LogP contribution in [0.1, 0.15) is 0 Å². The molecule has 0 spiro atoms. The first-order valence-corrected chi connectivity index (χ1v) is 9.13. The Kier molecular flexibility index (Phi) is 3.20. The summed E-state index contributed by atoms with van der Waals surface area (Å²) in [5.41, 5.74) is 3.98. The van der Waals surface area contributed by atoms with Crippen LogP contribution in [-0.2, 0) is 0 Å². The minimum atomic E-state index is -0.113. The Morgan fingerprint density at radius 1 is 1.10 bits per heavy atom. The van der Waals surface area contributed by atoms with Crippen molar-refractivity contribution in [1.82, 2.24) is 15.2 Å². The maximum atomic E-state index is 11.8. The lowest BCUT2D eigenvalue weighted by Gasteiger charge is -2.21. The monoisotopic (exact) mass is 389 g/mol. The number of H-pyrrole nitrogens is 2. The maximum Gasteiger partial charge on any atom is 0.203 e. The van der Waals surface area contributed by atoms with Crippen molar-refractivity contribution in [2.45, 2.75) is 0 Å². The van der Waals surface area contributed by atoms with Gasteiger partial charge in [-0.15, -0.1) is 0 Å². The molecular formula is C21H15N3O5. The zero-order chi connectivity index (χ0) is 19.5. The molecule has 6 rings (SSSR count). The first-order chi connectivity index (χ1) is 14.2. The molecule has 0 atom stereocenters. The summed E-state index contributed by atoms with van der Waals surface area (Å²) in [7, 11) is 1.59. The number of ether oxygens (including phenoxy) is 3. The third-order valence-corrected chi connectivity index (χ3v) is 5.13. The molecule has 5 aromatic rings. The average molecular weight is 389 g/mol. The highest BCUT2D eigenvalue weighted by Gasteiger charge is 2.23. The largest absolute Gasteiger partial charge is 0.493 e. The van der Waals surface area contributed by atoms with E-state index in [1.165, 1.54) is 12.1 Å². The number of nitrogens with zero attached hydrogens (tertiary/aromatic N) is 1. The number of pyridine rings is 1. The Morgan fingerprint density at radius 3 is 2.90 bits per heavy atom. The molecule has 0 unspecified atom stereocenters. The molecule has 2 N–H and O–H groups in total. The SMILES string of the molecule is COc1cc(-c2c3c[nH][nH]c3nc3c2oc2cc(=O)ccc23)cc2c1OCCO2. The number of rotatable bonds is 2. The Hall–Kier alpha value is -3.94. The first-order valence-electron chi connectivity index (χ1n) is 9.13. The minimum Gasteiger partial charge on any atom is -0.493 e. The summed E-state index contributed by atoms with van der Waals surface area (Å²) >= 11 is 0. The summed E-state index contributed by atoms with van der Waals surface area (Å²) in [5, 5.41) is 7.67. The van der Waals surface area contributed by atoms with Crippen LogP contribution in [0.15, 0.2) is 45.7 Å². The topological polar surface area (TPSA) is 102 Å². The lowest BCUT2D eigenvalue weighted by molar-refractivity contribution is 0.165. The second-order valence-electron chi connectivity index (χ2n) is 6.80. The van der Waals surface area contributed by atoms with Gasteiger partial charge in [-0.1, -0.05) is 0 Å². The molecule has 8 nitrogen and oxygen atoms in total. The van der Waals surface area contributed by atoms with Crippen molar-refractivity contribution in [2.75, 3.05) is 20.3 Å². The van der Waals surface area contributed by atoms with E-state index in [0.717, 1.165) is 21.9 Å². The second-order valence-corrected chi connectivity index (χ2v) is 6.80. The summed E-state index contributed by atoms with van der Waals surface area (Å²) in [6.07, 6.45) is 1.83. The zero-order valence-electron chi connectivity index (χ0n) is 15.4. The van der Waals surface area contributed by atoms with E-state index in [9.17, 15) is 4.79 Å². The van der Waals surface area contributed by atoms with Crippen LogP contribution >= 0.6 is 0 Å². The Labute approximate surface area is 163 Å². The molecule has 0 amide bonds. The van der Waals surface area contributed by atoms with E-state index in [1.807, 2.05) is 18.3 Å². The van der Waals surface area contributed by atoms with Crippen LogP contribution in [0.5, 0.6) is 17.2 Å². The van der Waals surface area contributed by atoms with Crippen molar-refractivity contribution >= 4 is 33.1 Å². The highest BCUT2D eigenvalue weighted by atomic mass is 16.6. The molecule has 0 radical (unpaired) electrons. The number of fused-ring (bicyclic) bond motifs is 5. The molecule has 0 fully saturated rings. The van der Waals surface area contributed by atoms with Gasteiger partial charge in [0.25, 0.3) is 0 Å². The fourth-order valence-corrected chi connectivity index (χ4v) is 3.87. The smallest absolute Gasteiger partial charge is 0.203 e. The number of methoxy groups -OCH3 is 1. The Balaban J connectivity index is 1.75. The summed E-state index contributed by atoms with van der Waals surface area (Å²) < 4.78 is 23.2. The van der Waals surface area contributed by atoms with Crippen LogP contribution in [-0.4, -0.2) is 35.5 Å². The van der Waals surface area contributed by atoms with Gasteiger partial charge in [0.15, 0.2) is 28.2 Å². The van der Waals surface area contributed by atoms with E-state index in [-0.39, 0.29) is 5.43 Å². The van der Waals surface area contributed by atoms with Gasteiger partial charge in [0.1, 0.15) is 24.3 Å². The van der Waals surface area contributed by atoms with Crippen molar-refractivity contribution in [3.63, 3.8) is 0 Å². The van der Waals surface area contributed by atoms with Crippen molar-refractivity contribution < 1.29 is 18.6 Å². The highest BCUT2D eigenvalue weighted by Crippen LogP contribution is 2.46. The normalized spacial score (nSPS) is 13.4. The highest BCUT2D eigenvalue weighted by molar-refractivity contribution is 6.14. The van der Waals surface area contributed by atoms with Gasteiger partial charge in [0.2, 0.25) is 5.75 Å². The number of furan rings is 1. The molecule has 0 saturated carbocycles. The summed E-state index contributed by atoms with van der Waals surface area (Å²) in [5.74, 6) is 1.78. The molecule has 0 saturated heterocycles. The van der Waals surface area contributed by atoms with Crippen LogP contribution in [0.3, 0.4) is 0 Å². The van der Waals surface area contributed by atoms with Crippen LogP contribution < -0.4 is 19.6 Å².